The van der Waals surface area contributed by atoms with Crippen LogP contribution in [0.4, 0.5) is 30.5 Å². The second-order valence-electron chi connectivity index (χ2n) is 10.8. The van der Waals surface area contributed by atoms with Crippen molar-refractivity contribution in [3.05, 3.63) is 45.2 Å². The van der Waals surface area contributed by atoms with Crippen LogP contribution in [0.3, 0.4) is 0 Å². The van der Waals surface area contributed by atoms with E-state index in [0.29, 0.717) is 11.0 Å². The topological polar surface area (TPSA) is 48.5 Å². The lowest BCUT2D eigenvalue weighted by atomic mass is 9.92. The van der Waals surface area contributed by atoms with Gasteiger partial charge in [-0.3, -0.25) is 4.79 Å². The number of nitrogens with one attached hydrogen (secondary N) is 1. The van der Waals surface area contributed by atoms with Gasteiger partial charge in [-0.25, -0.2) is 18.2 Å². The van der Waals surface area contributed by atoms with E-state index in [-0.39, 0.29) is 43.5 Å². The molecule has 0 bridgehead atoms. The van der Waals surface area contributed by atoms with Gasteiger partial charge >= 0.3 is 0 Å². The summed E-state index contributed by atoms with van der Waals surface area (Å²) in [5.41, 5.74) is 4.41. The molecule has 36 heavy (non-hydrogen) atoms. The van der Waals surface area contributed by atoms with Crippen molar-refractivity contribution in [1.82, 2.24) is 4.98 Å². The van der Waals surface area contributed by atoms with Crippen molar-refractivity contribution in [1.29, 1.82) is 0 Å². The second kappa shape index (κ2) is 8.92. The molecule has 5 nitrogen and oxygen atoms in total. The SMILES string of the molecule is O=C(Nc1ccc(F)c(N2CCC(F)(F)CC2)n1)c1c(N2CCC3(CC2)CC3)cc(Br)c2c1CCC2. The number of hydrogen-bond donors (Lipinski definition) is 1. The van der Waals surface area contributed by atoms with Gasteiger partial charge in [0.2, 0.25) is 0 Å². The molecule has 1 saturated carbocycles. The van der Waals surface area contributed by atoms with Gasteiger partial charge in [0.25, 0.3) is 11.8 Å². The Morgan fingerprint density at radius 2 is 1.61 bits per heavy atom. The van der Waals surface area contributed by atoms with Gasteiger partial charge in [0.05, 0.1) is 11.3 Å². The van der Waals surface area contributed by atoms with Crippen molar-refractivity contribution in [2.75, 3.05) is 41.3 Å². The van der Waals surface area contributed by atoms with Crippen LogP contribution < -0.4 is 15.1 Å². The molecule has 3 heterocycles. The average Bonchev–Trinajstić information content (AvgIpc) is 3.41. The minimum Gasteiger partial charge on any atom is -0.371 e. The van der Waals surface area contributed by atoms with E-state index in [1.165, 1.54) is 35.4 Å². The number of benzene rings is 1. The Labute approximate surface area is 217 Å². The van der Waals surface area contributed by atoms with Crippen LogP contribution in [0.5, 0.6) is 0 Å². The zero-order valence-corrected chi connectivity index (χ0v) is 21.8. The van der Waals surface area contributed by atoms with Gasteiger partial charge in [-0.2, -0.15) is 0 Å². The fourth-order valence-corrected chi connectivity index (χ4v) is 6.72. The summed E-state index contributed by atoms with van der Waals surface area (Å²) in [5, 5.41) is 2.90. The van der Waals surface area contributed by atoms with Gasteiger partial charge < -0.3 is 15.1 Å². The second-order valence-corrected chi connectivity index (χ2v) is 11.7. The van der Waals surface area contributed by atoms with E-state index in [4.69, 9.17) is 0 Å². The van der Waals surface area contributed by atoms with Crippen molar-refractivity contribution in [3.63, 3.8) is 0 Å². The number of hydrogen-bond acceptors (Lipinski definition) is 4. The molecule has 1 aromatic carbocycles. The first-order valence-corrected chi connectivity index (χ1v) is 13.7. The van der Waals surface area contributed by atoms with Gasteiger partial charge in [0.1, 0.15) is 5.82 Å². The Hall–Kier alpha value is -2.29. The van der Waals surface area contributed by atoms with Crippen LogP contribution in [0.2, 0.25) is 0 Å². The monoisotopic (exact) mass is 562 g/mol. The predicted molar refractivity (Wildman–Crippen MR) is 138 cm³/mol. The minimum absolute atomic E-state index is 0.00956. The highest BCUT2D eigenvalue weighted by Crippen LogP contribution is 2.54. The van der Waals surface area contributed by atoms with Crippen LogP contribution >= 0.6 is 15.9 Å². The molecule has 2 aliphatic heterocycles. The number of aromatic nitrogens is 1. The fraction of sp³-hybridized carbons (Fsp3) is 0.556. The molecule has 2 aromatic rings. The first-order valence-electron chi connectivity index (χ1n) is 12.9. The lowest BCUT2D eigenvalue weighted by Crippen LogP contribution is -2.40. The van der Waals surface area contributed by atoms with E-state index in [1.807, 2.05) is 0 Å². The van der Waals surface area contributed by atoms with Crippen LogP contribution in [0.25, 0.3) is 0 Å². The maximum Gasteiger partial charge on any atom is 0.259 e. The van der Waals surface area contributed by atoms with Gasteiger partial charge in [-0.15, -0.1) is 0 Å². The quantitative estimate of drug-likeness (QED) is 0.472. The largest absolute Gasteiger partial charge is 0.371 e. The van der Waals surface area contributed by atoms with Crippen LogP contribution in [0.1, 0.15) is 66.4 Å². The Bertz CT molecular complexity index is 1200. The van der Waals surface area contributed by atoms with Crippen molar-refractivity contribution in [3.8, 4) is 0 Å². The van der Waals surface area contributed by atoms with Crippen LogP contribution in [0.15, 0.2) is 22.7 Å². The standard InChI is InChI=1S/C27H30BrF3N4O/c28-19-16-21(34-12-8-26(6-7-26)9-13-34)23(18-3-1-2-17(18)19)25(36)33-22-5-4-20(29)24(32-22)35-14-10-27(30,31)11-15-35/h4-5,16H,1-3,6-15H2,(H,32,33,36). The van der Waals surface area contributed by atoms with Crippen molar-refractivity contribution < 1.29 is 18.0 Å². The fourth-order valence-electron chi connectivity index (χ4n) is 6.07. The highest BCUT2D eigenvalue weighted by atomic mass is 79.9. The van der Waals surface area contributed by atoms with E-state index in [1.54, 1.807) is 0 Å². The molecule has 1 spiro atoms. The number of halogens is 4. The lowest BCUT2D eigenvalue weighted by Gasteiger charge is -2.35. The zero-order valence-electron chi connectivity index (χ0n) is 20.2. The highest BCUT2D eigenvalue weighted by Gasteiger charge is 2.45. The average molecular weight is 563 g/mol. The van der Waals surface area contributed by atoms with Gasteiger partial charge in [0.15, 0.2) is 11.6 Å². The summed E-state index contributed by atoms with van der Waals surface area (Å²) in [6.07, 6.45) is 7.03. The maximum atomic E-state index is 14.6. The molecule has 6 rings (SSSR count). The van der Waals surface area contributed by atoms with Crippen molar-refractivity contribution in [2.24, 2.45) is 5.41 Å². The molecule has 9 heteroatoms. The minimum atomic E-state index is -2.73. The third-order valence-electron chi connectivity index (χ3n) is 8.54. The summed E-state index contributed by atoms with van der Waals surface area (Å²) < 4.78 is 42.8. The van der Waals surface area contributed by atoms with E-state index >= 15 is 0 Å². The van der Waals surface area contributed by atoms with E-state index < -0.39 is 11.7 Å². The number of piperidine rings is 2. The number of anilines is 3. The Kier molecular flexibility index (Phi) is 5.97. The molecule has 3 fully saturated rings. The summed E-state index contributed by atoms with van der Waals surface area (Å²) in [6.45, 7) is 1.92. The summed E-state index contributed by atoms with van der Waals surface area (Å²) in [7, 11) is 0. The predicted octanol–water partition coefficient (Wildman–Crippen LogP) is 6.34. The summed E-state index contributed by atoms with van der Waals surface area (Å²) >= 11 is 3.75. The van der Waals surface area contributed by atoms with Crippen LogP contribution in [-0.4, -0.2) is 43.0 Å². The molecule has 1 aromatic heterocycles. The Morgan fingerprint density at radius 3 is 2.31 bits per heavy atom. The van der Waals surface area contributed by atoms with Crippen molar-refractivity contribution >= 4 is 39.2 Å². The number of rotatable bonds is 4. The molecular weight excluding hydrogens is 533 g/mol. The summed E-state index contributed by atoms with van der Waals surface area (Å²) in [6, 6.07) is 4.77. The number of fused-ring (bicyclic) bond motifs is 1. The molecular formula is C27H30BrF3N4O. The number of pyridine rings is 1. The number of amides is 1. The van der Waals surface area contributed by atoms with Crippen LogP contribution in [0, 0.1) is 11.2 Å². The zero-order chi connectivity index (χ0) is 25.1. The van der Waals surface area contributed by atoms with Gasteiger partial charge in [-0.1, -0.05) is 15.9 Å². The number of carbonyl (C=O) groups is 1. The smallest absolute Gasteiger partial charge is 0.259 e. The molecule has 1 N–H and O–H groups in total. The summed E-state index contributed by atoms with van der Waals surface area (Å²) in [4.78, 5) is 22.0. The summed E-state index contributed by atoms with van der Waals surface area (Å²) in [5.74, 6) is -3.33. The maximum absolute atomic E-state index is 14.6. The van der Waals surface area contributed by atoms with Crippen molar-refractivity contribution in [2.45, 2.75) is 63.7 Å². The van der Waals surface area contributed by atoms with Gasteiger partial charge in [0, 0.05) is 43.5 Å². The molecule has 0 unspecified atom stereocenters. The molecule has 4 aliphatic rings. The Morgan fingerprint density at radius 1 is 0.944 bits per heavy atom. The number of carbonyl (C=O) groups excluding carboxylic acids is 1. The number of alkyl halides is 2. The molecule has 2 aliphatic carbocycles. The van der Waals surface area contributed by atoms with Gasteiger partial charge in [-0.05, 0) is 79.7 Å². The van der Waals surface area contributed by atoms with E-state index in [9.17, 15) is 18.0 Å². The lowest BCUT2D eigenvalue weighted by molar-refractivity contribution is -0.0222. The first-order chi connectivity index (χ1) is 17.2. The van der Waals surface area contributed by atoms with Crippen LogP contribution in [-0.2, 0) is 12.8 Å². The molecule has 2 saturated heterocycles. The van der Waals surface area contributed by atoms with E-state index in [0.717, 1.165) is 60.9 Å². The Balaban J connectivity index is 1.28. The number of nitrogens with zero attached hydrogens (tertiary/aromatic N) is 3. The third kappa shape index (κ3) is 4.48. The molecule has 1 amide bonds. The molecule has 192 valence electrons. The third-order valence-corrected chi connectivity index (χ3v) is 9.25. The molecule has 0 atom stereocenters. The molecule has 0 radical (unpaired) electrons. The normalized spacial score (nSPS) is 22.0. The van der Waals surface area contributed by atoms with E-state index in [2.05, 4.69) is 37.2 Å². The first kappa shape index (κ1) is 24.1. The highest BCUT2D eigenvalue weighted by molar-refractivity contribution is 9.10.